The quantitative estimate of drug-likeness (QED) is 0.135. The molecular weight excluding hydrogens is 621 g/mol. The van der Waals surface area contributed by atoms with Crippen molar-refractivity contribution in [2.45, 2.75) is 30.5 Å². The molecule has 46 heavy (non-hydrogen) atoms. The molecule has 0 radical (unpaired) electrons. The molecule has 238 valence electrons. The minimum atomic E-state index is -4.73. The monoisotopic (exact) mass is 650 g/mol. The molecule has 4 aromatic carbocycles. The van der Waals surface area contributed by atoms with Crippen molar-refractivity contribution >= 4 is 27.7 Å². The highest BCUT2D eigenvalue weighted by Crippen LogP contribution is 2.32. The van der Waals surface area contributed by atoms with Crippen molar-refractivity contribution < 1.29 is 35.9 Å². The van der Waals surface area contributed by atoms with E-state index in [1.807, 2.05) is 30.3 Å². The summed E-state index contributed by atoms with van der Waals surface area (Å²) in [5.41, 5.74) is 8.21. The van der Waals surface area contributed by atoms with Gasteiger partial charge in [0, 0.05) is 11.5 Å². The van der Waals surface area contributed by atoms with Gasteiger partial charge in [0.15, 0.2) is 0 Å². The normalized spacial score (nSPS) is 15.4. The van der Waals surface area contributed by atoms with Gasteiger partial charge in [-0.05, 0) is 66.6 Å². The number of nitrogens with zero attached hydrogens (tertiary/aromatic N) is 3. The number of rotatable bonds is 9. The number of carbonyl (C=O) groups is 1. The van der Waals surface area contributed by atoms with Crippen LogP contribution < -0.4 is 10.5 Å². The van der Waals surface area contributed by atoms with Gasteiger partial charge < -0.3 is 15.2 Å². The summed E-state index contributed by atoms with van der Waals surface area (Å²) in [6.45, 7) is 2.25. The number of alkyl halides is 3. The van der Waals surface area contributed by atoms with Gasteiger partial charge in [-0.2, -0.15) is 26.7 Å². The number of hydrazone groups is 1. The molecule has 0 saturated heterocycles. The van der Waals surface area contributed by atoms with Crippen LogP contribution in [0.5, 0.6) is 5.75 Å². The van der Waals surface area contributed by atoms with E-state index in [1.165, 1.54) is 5.01 Å². The van der Waals surface area contributed by atoms with Gasteiger partial charge >= 0.3 is 12.1 Å². The zero-order chi connectivity index (χ0) is 32.9. The van der Waals surface area contributed by atoms with E-state index in [9.17, 15) is 26.4 Å². The number of halogens is 3. The Morgan fingerprint density at radius 2 is 1.67 bits per heavy atom. The van der Waals surface area contributed by atoms with Crippen LogP contribution >= 0.6 is 0 Å². The van der Waals surface area contributed by atoms with E-state index in [2.05, 4.69) is 9.50 Å². The van der Waals surface area contributed by atoms with Gasteiger partial charge in [-0.25, -0.2) is 9.80 Å². The maximum atomic E-state index is 13.2. The standard InChI is InChI=1S/C33H29F3N4O5S/c1-2-44-31(41)28-14-7-6-11-24(28)21-45-26-17-15-23(16-18-26)30-29(22-9-4-3-5-10-22)20-40(38-30)32(37)39-46(42,43)27-13-8-12-25(19-27)33(34,35)36/h3-19,29H,2,20-21H2,1H3,(H2,37,39). The number of guanidine groups is 1. The zero-order valence-corrected chi connectivity index (χ0v) is 25.3. The first-order valence-electron chi connectivity index (χ1n) is 14.1. The van der Waals surface area contributed by atoms with Gasteiger partial charge in [-0.3, -0.25) is 0 Å². The molecule has 5 rings (SSSR count). The van der Waals surface area contributed by atoms with Gasteiger partial charge in [0.05, 0.1) is 34.9 Å². The van der Waals surface area contributed by atoms with E-state index in [-0.39, 0.29) is 25.7 Å². The summed E-state index contributed by atoms with van der Waals surface area (Å²) in [6.07, 6.45) is -4.73. The lowest BCUT2D eigenvalue weighted by Gasteiger charge is -2.16. The molecule has 1 heterocycles. The molecule has 1 atom stereocenters. The summed E-state index contributed by atoms with van der Waals surface area (Å²) in [5.74, 6) is -0.733. The Bertz CT molecular complexity index is 1880. The summed E-state index contributed by atoms with van der Waals surface area (Å²) in [7, 11) is -4.58. The summed E-state index contributed by atoms with van der Waals surface area (Å²) in [6, 6.07) is 26.7. The van der Waals surface area contributed by atoms with E-state index in [1.54, 1.807) is 55.5 Å². The molecule has 0 spiro atoms. The Balaban J connectivity index is 1.39. The van der Waals surface area contributed by atoms with Crippen LogP contribution in [-0.4, -0.2) is 44.2 Å². The second-order valence-electron chi connectivity index (χ2n) is 10.2. The van der Waals surface area contributed by atoms with Gasteiger partial charge in [0.25, 0.3) is 10.0 Å². The fraction of sp³-hybridized carbons (Fsp3) is 0.182. The van der Waals surface area contributed by atoms with E-state index < -0.39 is 38.6 Å². The number of carbonyl (C=O) groups excluding carboxylic acids is 1. The van der Waals surface area contributed by atoms with Gasteiger partial charge in [-0.1, -0.05) is 54.6 Å². The van der Waals surface area contributed by atoms with Crippen molar-refractivity contribution in [3.63, 3.8) is 0 Å². The molecule has 0 bridgehead atoms. The van der Waals surface area contributed by atoms with Crippen LogP contribution in [-0.2, 0) is 27.5 Å². The first kappa shape index (κ1) is 32.2. The summed E-state index contributed by atoms with van der Waals surface area (Å²) in [4.78, 5) is 11.7. The lowest BCUT2D eigenvalue weighted by atomic mass is 9.90. The summed E-state index contributed by atoms with van der Waals surface area (Å²) in [5, 5.41) is 5.80. The second kappa shape index (κ2) is 13.4. The molecule has 1 aliphatic heterocycles. The molecule has 1 aliphatic rings. The Morgan fingerprint density at radius 1 is 0.978 bits per heavy atom. The number of nitrogens with two attached hydrogens (primary N) is 1. The smallest absolute Gasteiger partial charge is 0.416 e. The van der Waals surface area contributed by atoms with E-state index >= 15 is 0 Å². The highest BCUT2D eigenvalue weighted by Gasteiger charge is 2.33. The highest BCUT2D eigenvalue weighted by atomic mass is 32.2. The number of sulfonamides is 1. The minimum Gasteiger partial charge on any atom is -0.489 e. The van der Waals surface area contributed by atoms with Crippen molar-refractivity contribution in [1.82, 2.24) is 5.01 Å². The third-order valence-electron chi connectivity index (χ3n) is 7.11. The second-order valence-corrected chi connectivity index (χ2v) is 11.8. The Hall–Kier alpha value is -5.17. The molecule has 4 aromatic rings. The summed E-state index contributed by atoms with van der Waals surface area (Å²) < 4.78 is 80.1. The van der Waals surface area contributed by atoms with E-state index in [4.69, 9.17) is 15.2 Å². The molecule has 0 amide bonds. The van der Waals surface area contributed by atoms with Crippen LogP contribution in [0.15, 0.2) is 118 Å². The lowest BCUT2D eigenvalue weighted by Crippen LogP contribution is -2.33. The number of hydrogen-bond acceptors (Lipinski definition) is 6. The Morgan fingerprint density at radius 3 is 2.37 bits per heavy atom. The molecule has 9 nitrogen and oxygen atoms in total. The van der Waals surface area contributed by atoms with Gasteiger partial charge in [-0.15, -0.1) is 4.40 Å². The van der Waals surface area contributed by atoms with Crippen molar-refractivity contribution in [2.75, 3.05) is 13.2 Å². The predicted molar refractivity (Wildman–Crippen MR) is 166 cm³/mol. The van der Waals surface area contributed by atoms with Crippen molar-refractivity contribution in [3.8, 4) is 5.75 Å². The van der Waals surface area contributed by atoms with Crippen molar-refractivity contribution in [2.24, 2.45) is 15.2 Å². The molecule has 13 heteroatoms. The average Bonchev–Trinajstić information content (AvgIpc) is 3.50. The van der Waals surface area contributed by atoms with Gasteiger partial charge in [0.2, 0.25) is 5.96 Å². The largest absolute Gasteiger partial charge is 0.489 e. The fourth-order valence-corrected chi connectivity index (χ4v) is 5.82. The zero-order valence-electron chi connectivity index (χ0n) is 24.5. The number of esters is 1. The maximum absolute atomic E-state index is 13.2. The first-order chi connectivity index (χ1) is 22.0. The number of benzene rings is 4. The Kier molecular flexibility index (Phi) is 9.42. The first-order valence-corrected chi connectivity index (χ1v) is 15.6. The van der Waals surface area contributed by atoms with Gasteiger partial charge in [0.1, 0.15) is 12.4 Å². The maximum Gasteiger partial charge on any atom is 0.416 e. The molecule has 0 aromatic heterocycles. The molecule has 1 unspecified atom stereocenters. The predicted octanol–water partition coefficient (Wildman–Crippen LogP) is 5.97. The number of hydrogen-bond donors (Lipinski definition) is 1. The lowest BCUT2D eigenvalue weighted by molar-refractivity contribution is -0.137. The van der Waals surface area contributed by atoms with Crippen LogP contribution in [0.1, 0.15) is 45.5 Å². The Labute approximate surface area is 263 Å². The molecule has 2 N–H and O–H groups in total. The third kappa shape index (κ3) is 7.37. The van der Waals surface area contributed by atoms with Crippen LogP contribution in [0.4, 0.5) is 13.2 Å². The molecular formula is C33H29F3N4O5S. The minimum absolute atomic E-state index is 0.128. The third-order valence-corrected chi connectivity index (χ3v) is 8.39. The number of ether oxygens (including phenoxy) is 2. The highest BCUT2D eigenvalue weighted by molar-refractivity contribution is 7.90. The fourth-order valence-electron chi connectivity index (χ4n) is 4.85. The van der Waals surface area contributed by atoms with E-state index in [0.717, 1.165) is 23.8 Å². The molecule has 0 aliphatic carbocycles. The van der Waals surface area contributed by atoms with Crippen LogP contribution in [0.3, 0.4) is 0 Å². The SMILES string of the molecule is CCOC(=O)c1ccccc1COc1ccc(C2=NN(/C(N)=N/S(=O)(=O)c3cccc(C(F)(F)F)c3)CC2c2ccccc2)cc1. The van der Waals surface area contributed by atoms with Crippen LogP contribution in [0.25, 0.3) is 0 Å². The van der Waals surface area contributed by atoms with Crippen LogP contribution in [0.2, 0.25) is 0 Å². The topological polar surface area (TPSA) is 124 Å². The van der Waals surface area contributed by atoms with Crippen molar-refractivity contribution in [1.29, 1.82) is 0 Å². The molecule has 0 fully saturated rings. The molecule has 0 saturated carbocycles. The van der Waals surface area contributed by atoms with Crippen molar-refractivity contribution in [3.05, 3.63) is 131 Å². The average molecular weight is 651 g/mol. The van der Waals surface area contributed by atoms with E-state index in [0.29, 0.717) is 34.2 Å². The van der Waals surface area contributed by atoms with Crippen LogP contribution in [0, 0.1) is 0 Å². The summed E-state index contributed by atoms with van der Waals surface area (Å²) >= 11 is 0.